The molecule has 146 valence electrons. The molecule has 1 amide bonds. The number of anilines is 1. The highest BCUT2D eigenvalue weighted by molar-refractivity contribution is 7.17. The minimum Gasteiger partial charge on any atom is -0.465 e. The van der Waals surface area contributed by atoms with Gasteiger partial charge in [0.25, 0.3) is 5.91 Å². The lowest BCUT2D eigenvalue weighted by molar-refractivity contribution is 0.0600. The van der Waals surface area contributed by atoms with Gasteiger partial charge in [0.2, 0.25) is 0 Å². The van der Waals surface area contributed by atoms with Crippen molar-refractivity contribution in [2.45, 2.75) is 32.9 Å². The number of halogens is 2. The van der Waals surface area contributed by atoms with Gasteiger partial charge >= 0.3 is 5.97 Å². The molecular weight excluding hydrogens is 407 g/mol. The molecule has 1 aliphatic rings. The smallest absolute Gasteiger partial charge is 0.341 e. The minimum absolute atomic E-state index is 0. The molecule has 2 heterocycles. The number of nitrogens with one attached hydrogen (secondary N) is 1. The lowest BCUT2D eigenvalue weighted by atomic mass is 10.0. The standard InChI is InChI=1S/C19H21ClN2O3S.ClH/c1-11(2)22-9-8-14-15(10-22)26-18(16(14)19(24)25-3)21-17(23)12-4-6-13(20)7-5-12;/h4-7,11H,8-10H2,1-3H3,(H,21,23);1H. The Labute approximate surface area is 174 Å². The van der Waals surface area contributed by atoms with Crippen molar-refractivity contribution < 1.29 is 14.3 Å². The van der Waals surface area contributed by atoms with E-state index in [2.05, 4.69) is 24.1 Å². The van der Waals surface area contributed by atoms with Gasteiger partial charge in [0.1, 0.15) is 5.00 Å². The van der Waals surface area contributed by atoms with Crippen LogP contribution >= 0.6 is 35.3 Å². The zero-order chi connectivity index (χ0) is 18.8. The van der Waals surface area contributed by atoms with Crippen molar-refractivity contribution in [3.05, 3.63) is 50.9 Å². The van der Waals surface area contributed by atoms with Gasteiger partial charge in [-0.3, -0.25) is 9.69 Å². The molecule has 5 nitrogen and oxygen atoms in total. The average molecular weight is 429 g/mol. The average Bonchev–Trinajstić information content (AvgIpc) is 2.98. The number of esters is 1. The van der Waals surface area contributed by atoms with Crippen molar-refractivity contribution >= 4 is 52.2 Å². The molecule has 0 aliphatic carbocycles. The Morgan fingerprint density at radius 3 is 2.52 bits per heavy atom. The number of fused-ring (bicyclic) bond motifs is 1. The molecule has 0 spiro atoms. The van der Waals surface area contributed by atoms with E-state index in [9.17, 15) is 9.59 Å². The Morgan fingerprint density at radius 1 is 1.26 bits per heavy atom. The van der Waals surface area contributed by atoms with Crippen LogP contribution in [0.15, 0.2) is 24.3 Å². The van der Waals surface area contributed by atoms with Gasteiger partial charge in [0.15, 0.2) is 0 Å². The van der Waals surface area contributed by atoms with E-state index >= 15 is 0 Å². The second-order valence-electron chi connectivity index (χ2n) is 6.47. The first-order valence-electron chi connectivity index (χ1n) is 8.44. The molecule has 0 saturated carbocycles. The molecule has 8 heteroatoms. The van der Waals surface area contributed by atoms with E-state index in [-0.39, 0.29) is 18.3 Å². The molecule has 0 unspecified atom stereocenters. The second kappa shape index (κ2) is 9.06. The first kappa shape index (κ1) is 21.7. The topological polar surface area (TPSA) is 58.6 Å². The predicted molar refractivity (Wildman–Crippen MR) is 112 cm³/mol. The summed E-state index contributed by atoms with van der Waals surface area (Å²) >= 11 is 7.33. The van der Waals surface area contributed by atoms with Crippen molar-refractivity contribution in [2.75, 3.05) is 19.0 Å². The van der Waals surface area contributed by atoms with E-state index in [0.717, 1.165) is 30.0 Å². The molecule has 27 heavy (non-hydrogen) atoms. The summed E-state index contributed by atoms with van der Waals surface area (Å²) in [6.07, 6.45) is 0.769. The number of methoxy groups -OCH3 is 1. The lowest BCUT2D eigenvalue weighted by Gasteiger charge is -2.30. The molecule has 0 atom stereocenters. The molecule has 1 N–H and O–H groups in total. The highest BCUT2D eigenvalue weighted by Crippen LogP contribution is 2.38. The Kier molecular flexibility index (Phi) is 7.28. The molecule has 1 aromatic carbocycles. The second-order valence-corrected chi connectivity index (χ2v) is 8.02. The summed E-state index contributed by atoms with van der Waals surface area (Å²) in [7, 11) is 1.36. The van der Waals surface area contributed by atoms with Gasteiger partial charge in [-0.2, -0.15) is 0 Å². The normalized spacial score (nSPS) is 13.7. The quantitative estimate of drug-likeness (QED) is 0.721. The summed E-state index contributed by atoms with van der Waals surface area (Å²) < 4.78 is 4.96. The number of amides is 1. The fraction of sp³-hybridized carbons (Fsp3) is 0.368. The van der Waals surface area contributed by atoms with Crippen LogP contribution in [0, 0.1) is 0 Å². The van der Waals surface area contributed by atoms with Crippen LogP contribution in [0.1, 0.15) is 45.0 Å². The van der Waals surface area contributed by atoms with E-state index < -0.39 is 5.97 Å². The number of ether oxygens (including phenoxy) is 1. The summed E-state index contributed by atoms with van der Waals surface area (Å²) in [4.78, 5) is 28.4. The fourth-order valence-corrected chi connectivity index (χ4v) is 4.43. The van der Waals surface area contributed by atoms with E-state index in [1.54, 1.807) is 24.3 Å². The molecule has 1 aliphatic heterocycles. The summed E-state index contributed by atoms with van der Waals surface area (Å²) in [6, 6.07) is 7.07. The molecule has 3 rings (SSSR count). The molecule has 1 aromatic heterocycles. The van der Waals surface area contributed by atoms with Crippen LogP contribution in [0.5, 0.6) is 0 Å². The summed E-state index contributed by atoms with van der Waals surface area (Å²) in [5.74, 6) is -0.682. The van der Waals surface area contributed by atoms with Gasteiger partial charge in [-0.05, 0) is 50.1 Å². The van der Waals surface area contributed by atoms with Crippen LogP contribution in [-0.4, -0.2) is 36.5 Å². The number of rotatable bonds is 4. The molecule has 0 radical (unpaired) electrons. The van der Waals surface area contributed by atoms with E-state index in [0.29, 0.717) is 27.2 Å². The van der Waals surface area contributed by atoms with Crippen LogP contribution in [0.25, 0.3) is 0 Å². The van der Waals surface area contributed by atoms with Crippen LogP contribution in [0.3, 0.4) is 0 Å². The number of hydrogen-bond acceptors (Lipinski definition) is 5. The first-order valence-corrected chi connectivity index (χ1v) is 9.64. The Morgan fingerprint density at radius 2 is 1.93 bits per heavy atom. The van der Waals surface area contributed by atoms with Gasteiger partial charge in [-0.25, -0.2) is 4.79 Å². The van der Waals surface area contributed by atoms with Crippen LogP contribution in [0.2, 0.25) is 5.02 Å². The van der Waals surface area contributed by atoms with Gasteiger partial charge < -0.3 is 10.1 Å². The first-order chi connectivity index (χ1) is 12.4. The van der Waals surface area contributed by atoms with Gasteiger partial charge in [0.05, 0.1) is 12.7 Å². The molecular formula is C19H22Cl2N2O3S. The fourth-order valence-electron chi connectivity index (χ4n) is 3.05. The Hall–Kier alpha value is -1.60. The van der Waals surface area contributed by atoms with Crippen molar-refractivity contribution in [3.8, 4) is 0 Å². The number of carbonyl (C=O) groups excluding carboxylic acids is 2. The predicted octanol–water partition coefficient (Wildman–Crippen LogP) is 4.63. The molecule has 2 aromatic rings. The highest BCUT2D eigenvalue weighted by Gasteiger charge is 2.30. The van der Waals surface area contributed by atoms with Crippen LogP contribution < -0.4 is 5.32 Å². The van der Waals surface area contributed by atoms with Crippen molar-refractivity contribution in [1.29, 1.82) is 0 Å². The zero-order valence-corrected chi connectivity index (χ0v) is 17.8. The van der Waals surface area contributed by atoms with E-state index in [1.165, 1.54) is 18.4 Å². The monoisotopic (exact) mass is 428 g/mol. The van der Waals surface area contributed by atoms with Crippen LogP contribution in [0.4, 0.5) is 5.00 Å². The molecule has 0 saturated heterocycles. The minimum atomic E-state index is -0.410. The summed E-state index contributed by atoms with van der Waals surface area (Å²) in [6.45, 7) is 5.97. The highest BCUT2D eigenvalue weighted by atomic mass is 35.5. The summed E-state index contributed by atoms with van der Waals surface area (Å²) in [5.41, 5.74) is 1.96. The zero-order valence-electron chi connectivity index (χ0n) is 15.4. The maximum Gasteiger partial charge on any atom is 0.341 e. The number of thiophene rings is 1. The van der Waals surface area contributed by atoms with E-state index in [4.69, 9.17) is 16.3 Å². The maximum atomic E-state index is 12.6. The number of hydrogen-bond donors (Lipinski definition) is 1. The number of benzene rings is 1. The molecule has 0 fully saturated rings. The third-order valence-electron chi connectivity index (χ3n) is 4.54. The van der Waals surface area contributed by atoms with Crippen LogP contribution in [-0.2, 0) is 17.7 Å². The van der Waals surface area contributed by atoms with Crippen molar-refractivity contribution in [3.63, 3.8) is 0 Å². The maximum absolute atomic E-state index is 12.6. The number of carbonyl (C=O) groups is 2. The van der Waals surface area contributed by atoms with E-state index in [1.807, 2.05) is 0 Å². The SMILES string of the molecule is COC(=O)c1c(NC(=O)c2ccc(Cl)cc2)sc2c1CCN(C(C)C)C2.Cl. The van der Waals surface area contributed by atoms with Crippen molar-refractivity contribution in [1.82, 2.24) is 4.90 Å². The largest absolute Gasteiger partial charge is 0.465 e. The van der Waals surface area contributed by atoms with Gasteiger partial charge in [-0.1, -0.05) is 11.6 Å². The van der Waals surface area contributed by atoms with Crippen molar-refractivity contribution in [2.24, 2.45) is 0 Å². The third-order valence-corrected chi connectivity index (χ3v) is 5.92. The van der Waals surface area contributed by atoms with Gasteiger partial charge in [-0.15, -0.1) is 23.7 Å². The third kappa shape index (κ3) is 4.63. The lowest BCUT2D eigenvalue weighted by Crippen LogP contribution is -2.35. The Bertz CT molecular complexity index is 834. The summed E-state index contributed by atoms with van der Waals surface area (Å²) in [5, 5.41) is 4.00. The number of nitrogens with zero attached hydrogens (tertiary/aromatic N) is 1. The van der Waals surface area contributed by atoms with Gasteiger partial charge in [0, 0.05) is 34.6 Å². The Balaban J connectivity index is 0.00000261. The molecule has 0 bridgehead atoms.